The molecule has 6 rings (SSSR count). The van der Waals surface area contributed by atoms with Crippen LogP contribution in [0.1, 0.15) is 95.1 Å². The first-order chi connectivity index (χ1) is 17.6. The molecule has 0 saturated heterocycles. The van der Waals surface area contributed by atoms with Crippen molar-refractivity contribution in [2.45, 2.75) is 108 Å². The molecule has 0 unspecified atom stereocenters. The fraction of sp³-hybridized carbons (Fsp3) is 0.633. The van der Waals surface area contributed by atoms with Crippen LogP contribution in [-0.4, -0.2) is 22.7 Å². The van der Waals surface area contributed by atoms with E-state index >= 15 is 0 Å². The predicted octanol–water partition coefficient (Wildman–Crippen LogP) is 7.86. The lowest BCUT2D eigenvalue weighted by Crippen LogP contribution is -2.54. The van der Waals surface area contributed by atoms with Gasteiger partial charge in [-0.25, -0.2) is 0 Å². The summed E-state index contributed by atoms with van der Waals surface area (Å²) in [5.74, 6) is -0.172. The number of ether oxygens (including phenoxy) is 1. The fourth-order valence-corrected chi connectivity index (χ4v) is 6.95. The Bertz CT molecular complexity index is 1110. The van der Waals surface area contributed by atoms with E-state index in [4.69, 9.17) is 9.84 Å². The second kappa shape index (κ2) is 10.1. The Morgan fingerprint density at radius 3 is 2.32 bits per heavy atom. The van der Waals surface area contributed by atoms with E-state index in [1.807, 2.05) is 6.07 Å². The summed E-state index contributed by atoms with van der Waals surface area (Å²) in [6.07, 6.45) is 6.12. The van der Waals surface area contributed by atoms with Crippen molar-refractivity contribution in [3.8, 4) is 5.75 Å². The van der Waals surface area contributed by atoms with Crippen molar-refractivity contribution in [2.75, 3.05) is 0 Å². The molecule has 0 heterocycles. The molecule has 0 radical (unpaired) electrons. The number of carboxylic acid groups (broad SMARTS) is 1. The maximum atomic E-state index is 14.2. The molecule has 4 aliphatic rings. The van der Waals surface area contributed by atoms with Gasteiger partial charge in [-0.1, -0.05) is 25.1 Å². The molecule has 0 aromatic heterocycles. The number of halogens is 3. The van der Waals surface area contributed by atoms with Crippen LogP contribution in [0, 0.1) is 11.3 Å². The average Bonchev–Trinajstić information content (AvgIpc) is 2.88. The Hall–Kier alpha value is -2.28. The van der Waals surface area contributed by atoms with Gasteiger partial charge in [0.05, 0.1) is 6.10 Å². The highest BCUT2D eigenvalue weighted by Crippen LogP contribution is 2.54. The summed E-state index contributed by atoms with van der Waals surface area (Å²) in [7, 11) is 0. The van der Waals surface area contributed by atoms with Gasteiger partial charge in [0.1, 0.15) is 11.3 Å². The summed E-state index contributed by atoms with van der Waals surface area (Å²) in [4.78, 5) is 11.0. The summed E-state index contributed by atoms with van der Waals surface area (Å²) >= 11 is 0. The van der Waals surface area contributed by atoms with Crippen LogP contribution in [-0.2, 0) is 17.5 Å². The molecule has 4 saturated carbocycles. The zero-order valence-corrected chi connectivity index (χ0v) is 21.6. The monoisotopic (exact) mass is 517 g/mol. The first kappa shape index (κ1) is 26.3. The number of fused-ring (bicyclic) bond motifs is 4. The minimum atomic E-state index is -4.49. The summed E-state index contributed by atoms with van der Waals surface area (Å²) < 4.78 is 48.5. The Balaban J connectivity index is 1.28. The number of nitrogens with one attached hydrogen (secondary N) is 1. The smallest absolute Gasteiger partial charge is 0.420 e. The molecule has 0 spiro atoms. The molecule has 2 N–H and O–H groups in total. The van der Waals surface area contributed by atoms with Crippen molar-refractivity contribution in [3.63, 3.8) is 0 Å². The van der Waals surface area contributed by atoms with Crippen molar-refractivity contribution >= 4 is 16.7 Å². The molecule has 2 bridgehead atoms. The van der Waals surface area contributed by atoms with Gasteiger partial charge in [-0.05, 0) is 110 Å². The number of carboxylic acids is 1. The van der Waals surface area contributed by atoms with Crippen LogP contribution in [0.2, 0.25) is 0 Å². The zero-order chi connectivity index (χ0) is 26.3. The minimum absolute atomic E-state index is 0.0479. The maximum absolute atomic E-state index is 14.2. The molecular formula is C30H38F3NO3. The SMILES string of the molecule is CC1CCC(Oc2ccc3cc(CNC45CCC(CCC(=O)O)(CC4)CC5)ccc3c2C(F)(F)F)CC1. The standard InChI is InChI=1S/C30H38F3NO3/c1-20-2-6-23(7-3-20)37-25-9-5-22-18-21(4-8-24(22)27(25)30(31,32)33)19-34-29-15-12-28(13-16-29,14-17-29)11-10-26(35)36/h4-5,8-9,18,20,23,34H,2-3,6-7,10-17,19H2,1H3,(H,35,36). The molecule has 0 aliphatic heterocycles. The van der Waals surface area contributed by atoms with Crippen LogP contribution < -0.4 is 10.1 Å². The number of rotatable bonds is 8. The van der Waals surface area contributed by atoms with E-state index in [1.54, 1.807) is 18.2 Å². The van der Waals surface area contributed by atoms with Crippen LogP contribution in [0.25, 0.3) is 10.8 Å². The average molecular weight is 518 g/mol. The van der Waals surface area contributed by atoms with Crippen molar-refractivity contribution in [1.29, 1.82) is 0 Å². The number of aliphatic carboxylic acids is 1. The lowest BCUT2D eigenvalue weighted by molar-refractivity contribution is -0.139. The highest BCUT2D eigenvalue weighted by atomic mass is 19.4. The number of hydrogen-bond donors (Lipinski definition) is 2. The fourth-order valence-electron chi connectivity index (χ4n) is 6.95. The van der Waals surface area contributed by atoms with E-state index in [0.29, 0.717) is 17.8 Å². The van der Waals surface area contributed by atoms with E-state index in [9.17, 15) is 18.0 Å². The molecule has 37 heavy (non-hydrogen) atoms. The first-order valence-electron chi connectivity index (χ1n) is 13.8. The van der Waals surface area contributed by atoms with Crippen molar-refractivity contribution < 1.29 is 27.8 Å². The van der Waals surface area contributed by atoms with Gasteiger partial charge in [0, 0.05) is 18.5 Å². The second-order valence-electron chi connectivity index (χ2n) is 12.0. The van der Waals surface area contributed by atoms with Gasteiger partial charge in [0.15, 0.2) is 0 Å². The minimum Gasteiger partial charge on any atom is -0.490 e. The Labute approximate surface area is 217 Å². The van der Waals surface area contributed by atoms with Gasteiger partial charge < -0.3 is 15.2 Å². The first-order valence-corrected chi connectivity index (χ1v) is 13.8. The zero-order valence-electron chi connectivity index (χ0n) is 21.6. The molecule has 4 aliphatic carbocycles. The number of hydrogen-bond acceptors (Lipinski definition) is 3. The van der Waals surface area contributed by atoms with Crippen molar-refractivity contribution in [3.05, 3.63) is 41.5 Å². The van der Waals surface area contributed by atoms with Crippen molar-refractivity contribution in [2.24, 2.45) is 11.3 Å². The van der Waals surface area contributed by atoms with E-state index in [-0.39, 0.29) is 34.6 Å². The maximum Gasteiger partial charge on any atom is 0.420 e. The highest BCUT2D eigenvalue weighted by molar-refractivity contribution is 5.89. The van der Waals surface area contributed by atoms with E-state index < -0.39 is 17.7 Å². The number of alkyl halides is 3. The second-order valence-corrected chi connectivity index (χ2v) is 12.0. The molecule has 7 heteroatoms. The van der Waals surface area contributed by atoms with E-state index in [1.165, 1.54) is 6.07 Å². The van der Waals surface area contributed by atoms with E-state index in [0.717, 1.165) is 76.2 Å². The molecule has 4 fully saturated rings. The molecule has 2 aromatic rings. The predicted molar refractivity (Wildman–Crippen MR) is 138 cm³/mol. The molecule has 0 amide bonds. The summed E-state index contributed by atoms with van der Waals surface area (Å²) in [5.41, 5.74) is 0.526. The van der Waals surface area contributed by atoms with Gasteiger partial charge in [-0.3, -0.25) is 4.79 Å². The topological polar surface area (TPSA) is 58.6 Å². The van der Waals surface area contributed by atoms with Gasteiger partial charge in [-0.2, -0.15) is 13.2 Å². The Kier molecular flexibility index (Phi) is 7.20. The summed E-state index contributed by atoms with van der Waals surface area (Å²) in [6.45, 7) is 2.79. The Morgan fingerprint density at radius 1 is 1.03 bits per heavy atom. The van der Waals surface area contributed by atoms with Crippen LogP contribution in [0.4, 0.5) is 13.2 Å². The molecule has 2 aromatic carbocycles. The lowest BCUT2D eigenvalue weighted by Gasteiger charge is -2.54. The third-order valence-electron chi connectivity index (χ3n) is 9.52. The lowest BCUT2D eigenvalue weighted by atomic mass is 9.56. The third-order valence-corrected chi connectivity index (χ3v) is 9.52. The summed E-state index contributed by atoms with van der Waals surface area (Å²) in [6, 6.07) is 8.52. The van der Waals surface area contributed by atoms with Gasteiger partial charge >= 0.3 is 12.1 Å². The van der Waals surface area contributed by atoms with Crippen LogP contribution in [0.15, 0.2) is 30.3 Å². The highest BCUT2D eigenvalue weighted by Gasteiger charge is 2.48. The number of benzene rings is 2. The van der Waals surface area contributed by atoms with Crippen LogP contribution in [0.3, 0.4) is 0 Å². The largest absolute Gasteiger partial charge is 0.490 e. The summed E-state index contributed by atoms with van der Waals surface area (Å²) in [5, 5.41) is 13.6. The Morgan fingerprint density at radius 2 is 1.70 bits per heavy atom. The van der Waals surface area contributed by atoms with Gasteiger partial charge in [0.25, 0.3) is 0 Å². The number of carbonyl (C=O) groups is 1. The normalized spacial score (nSPS) is 29.9. The van der Waals surface area contributed by atoms with Crippen LogP contribution >= 0.6 is 0 Å². The van der Waals surface area contributed by atoms with Gasteiger partial charge in [-0.15, -0.1) is 0 Å². The van der Waals surface area contributed by atoms with Crippen LogP contribution in [0.5, 0.6) is 5.75 Å². The molecule has 4 nitrogen and oxygen atoms in total. The molecule has 202 valence electrons. The quantitative estimate of drug-likeness (QED) is 0.374. The molecule has 0 atom stereocenters. The van der Waals surface area contributed by atoms with E-state index in [2.05, 4.69) is 12.2 Å². The van der Waals surface area contributed by atoms with Gasteiger partial charge in [0.2, 0.25) is 0 Å². The third kappa shape index (κ3) is 5.76. The molecular weight excluding hydrogens is 479 g/mol. The van der Waals surface area contributed by atoms with Crippen molar-refractivity contribution in [1.82, 2.24) is 5.32 Å².